The minimum Gasteiger partial charge on any atom is -0.389 e. The second kappa shape index (κ2) is 6.40. The lowest BCUT2D eigenvalue weighted by Gasteiger charge is -2.18. The molecule has 0 spiro atoms. The van der Waals surface area contributed by atoms with Gasteiger partial charge < -0.3 is 15.0 Å². The van der Waals surface area contributed by atoms with Gasteiger partial charge in [-0.15, -0.1) is 10.2 Å². The first kappa shape index (κ1) is 17.0. The van der Waals surface area contributed by atoms with Gasteiger partial charge in [-0.2, -0.15) is 0 Å². The molecule has 0 fully saturated rings. The lowest BCUT2D eigenvalue weighted by Crippen LogP contribution is -2.26. The standard InChI is InChI=1S/C19H18N6O2/c1-19(2,27)10-25-11-21-24-17(25)14-7-4-8-15(23-14)22-13-6-3-5-12-9-20-18(26)16(12)13/h3-9,11,27H,10H2,1-2H3,(H,22,23). The smallest absolute Gasteiger partial charge is 0.279 e. The zero-order valence-corrected chi connectivity index (χ0v) is 14.9. The third-order valence-electron chi connectivity index (χ3n) is 4.05. The second-order valence-corrected chi connectivity index (χ2v) is 6.96. The zero-order chi connectivity index (χ0) is 19.0. The molecule has 0 saturated heterocycles. The Labute approximate surface area is 155 Å². The van der Waals surface area contributed by atoms with E-state index >= 15 is 0 Å². The van der Waals surface area contributed by atoms with Crippen molar-refractivity contribution in [1.29, 1.82) is 0 Å². The van der Waals surface area contributed by atoms with Crippen LogP contribution in [0.15, 0.2) is 47.7 Å². The number of aliphatic hydroxyl groups is 1. The number of rotatable bonds is 5. The first-order valence-corrected chi connectivity index (χ1v) is 8.47. The third kappa shape index (κ3) is 3.47. The molecule has 4 rings (SSSR count). The SMILES string of the molecule is CC(C)(O)Cn1cnnc1-c1cccc(Nc2cccc3c2C(=O)N=C3)n1. The van der Waals surface area contributed by atoms with Crippen molar-refractivity contribution in [2.24, 2.45) is 4.99 Å². The van der Waals surface area contributed by atoms with Crippen LogP contribution in [0.25, 0.3) is 11.5 Å². The van der Waals surface area contributed by atoms with Gasteiger partial charge in [-0.1, -0.05) is 18.2 Å². The van der Waals surface area contributed by atoms with Crippen LogP contribution in [0.2, 0.25) is 0 Å². The third-order valence-corrected chi connectivity index (χ3v) is 4.05. The van der Waals surface area contributed by atoms with Crippen LogP contribution >= 0.6 is 0 Å². The zero-order valence-electron chi connectivity index (χ0n) is 14.9. The van der Waals surface area contributed by atoms with Gasteiger partial charge in [-0.3, -0.25) is 4.79 Å². The number of hydrogen-bond donors (Lipinski definition) is 2. The summed E-state index contributed by atoms with van der Waals surface area (Å²) >= 11 is 0. The molecule has 2 aromatic heterocycles. The summed E-state index contributed by atoms with van der Waals surface area (Å²) in [5.41, 5.74) is 1.67. The highest BCUT2D eigenvalue weighted by Gasteiger charge is 2.20. The fraction of sp³-hybridized carbons (Fsp3) is 0.211. The molecule has 3 heterocycles. The highest BCUT2D eigenvalue weighted by atomic mass is 16.3. The number of fused-ring (bicyclic) bond motifs is 1. The molecule has 2 N–H and O–H groups in total. The molecular weight excluding hydrogens is 344 g/mol. The largest absolute Gasteiger partial charge is 0.389 e. The highest BCUT2D eigenvalue weighted by Crippen LogP contribution is 2.27. The molecule has 0 atom stereocenters. The van der Waals surface area contributed by atoms with E-state index in [0.717, 1.165) is 5.56 Å². The van der Waals surface area contributed by atoms with E-state index in [4.69, 9.17) is 0 Å². The molecule has 8 nitrogen and oxygen atoms in total. The number of hydrogen-bond acceptors (Lipinski definition) is 6. The molecular formula is C19H18N6O2. The van der Waals surface area contributed by atoms with Crippen LogP contribution in [0.4, 0.5) is 11.5 Å². The van der Waals surface area contributed by atoms with E-state index in [2.05, 4.69) is 25.5 Å². The lowest BCUT2D eigenvalue weighted by molar-refractivity contribution is 0.0618. The Hall–Kier alpha value is -3.39. The Kier molecular flexibility index (Phi) is 4.04. The van der Waals surface area contributed by atoms with Crippen molar-refractivity contribution in [3.8, 4) is 11.5 Å². The van der Waals surface area contributed by atoms with Crippen LogP contribution in [-0.4, -0.2) is 42.6 Å². The van der Waals surface area contributed by atoms with Crippen molar-refractivity contribution >= 4 is 23.6 Å². The Morgan fingerprint density at radius 3 is 2.81 bits per heavy atom. The summed E-state index contributed by atoms with van der Waals surface area (Å²) in [6.07, 6.45) is 3.13. The Morgan fingerprint density at radius 2 is 2.00 bits per heavy atom. The average Bonchev–Trinajstić information content (AvgIpc) is 3.21. The maximum Gasteiger partial charge on any atom is 0.279 e. The predicted octanol–water partition coefficient (Wildman–Crippen LogP) is 2.43. The molecule has 27 heavy (non-hydrogen) atoms. The summed E-state index contributed by atoms with van der Waals surface area (Å²) in [6.45, 7) is 3.78. The molecule has 1 aliphatic rings. The Morgan fingerprint density at radius 1 is 1.19 bits per heavy atom. The molecule has 0 saturated carbocycles. The number of aromatic nitrogens is 4. The van der Waals surface area contributed by atoms with Gasteiger partial charge in [0.1, 0.15) is 17.8 Å². The molecule has 0 aliphatic carbocycles. The quantitative estimate of drug-likeness (QED) is 0.722. The number of anilines is 2. The van der Waals surface area contributed by atoms with Gasteiger partial charge in [-0.05, 0) is 32.0 Å². The Bertz CT molecular complexity index is 1050. The van der Waals surface area contributed by atoms with Gasteiger partial charge in [0.05, 0.1) is 23.4 Å². The number of carbonyl (C=O) groups excluding carboxylic acids is 1. The molecule has 1 aromatic carbocycles. The average molecular weight is 362 g/mol. The van der Waals surface area contributed by atoms with Crippen LogP contribution in [0.3, 0.4) is 0 Å². The van der Waals surface area contributed by atoms with Gasteiger partial charge in [0.15, 0.2) is 5.82 Å². The number of benzene rings is 1. The second-order valence-electron chi connectivity index (χ2n) is 6.96. The van der Waals surface area contributed by atoms with E-state index in [0.29, 0.717) is 35.1 Å². The van der Waals surface area contributed by atoms with Gasteiger partial charge in [-0.25, -0.2) is 9.98 Å². The first-order valence-electron chi connectivity index (χ1n) is 8.47. The molecule has 1 aliphatic heterocycles. The van der Waals surface area contributed by atoms with Gasteiger partial charge in [0.2, 0.25) is 0 Å². The van der Waals surface area contributed by atoms with E-state index < -0.39 is 5.60 Å². The number of aliphatic imine (C=N–C) groups is 1. The first-order chi connectivity index (χ1) is 12.9. The summed E-state index contributed by atoms with van der Waals surface area (Å²) in [5.74, 6) is 0.853. The van der Waals surface area contributed by atoms with Gasteiger partial charge in [0, 0.05) is 11.8 Å². The van der Waals surface area contributed by atoms with Crippen molar-refractivity contribution in [3.63, 3.8) is 0 Å². The van der Waals surface area contributed by atoms with Crippen LogP contribution in [0.1, 0.15) is 29.8 Å². The summed E-state index contributed by atoms with van der Waals surface area (Å²) in [4.78, 5) is 20.4. The van der Waals surface area contributed by atoms with Crippen molar-refractivity contribution in [2.75, 3.05) is 5.32 Å². The number of nitrogens with zero attached hydrogens (tertiary/aromatic N) is 5. The van der Waals surface area contributed by atoms with E-state index in [-0.39, 0.29) is 5.91 Å². The van der Waals surface area contributed by atoms with Crippen molar-refractivity contribution in [1.82, 2.24) is 19.7 Å². The number of pyridine rings is 1. The summed E-state index contributed by atoms with van der Waals surface area (Å²) < 4.78 is 1.75. The van der Waals surface area contributed by atoms with Crippen LogP contribution in [-0.2, 0) is 6.54 Å². The molecule has 0 radical (unpaired) electrons. The van der Waals surface area contributed by atoms with Crippen LogP contribution in [0, 0.1) is 0 Å². The molecule has 8 heteroatoms. The number of nitrogens with one attached hydrogen (secondary N) is 1. The minimum atomic E-state index is -0.905. The minimum absolute atomic E-state index is 0.269. The fourth-order valence-corrected chi connectivity index (χ4v) is 2.97. The normalized spacial score (nSPS) is 13.1. The molecule has 1 amide bonds. The van der Waals surface area contributed by atoms with Crippen molar-refractivity contribution in [2.45, 2.75) is 26.0 Å². The molecule has 3 aromatic rings. The number of amides is 1. The Balaban J connectivity index is 1.65. The maximum atomic E-state index is 12.0. The lowest BCUT2D eigenvalue weighted by atomic mass is 10.1. The predicted molar refractivity (Wildman–Crippen MR) is 101 cm³/mol. The molecule has 0 unspecified atom stereocenters. The van der Waals surface area contributed by atoms with E-state index in [1.54, 1.807) is 37.0 Å². The topological polar surface area (TPSA) is 105 Å². The van der Waals surface area contributed by atoms with Gasteiger partial charge >= 0.3 is 0 Å². The molecule has 136 valence electrons. The van der Waals surface area contributed by atoms with Crippen LogP contribution < -0.4 is 5.32 Å². The number of carbonyl (C=O) groups is 1. The summed E-state index contributed by atoms with van der Waals surface area (Å²) in [6, 6.07) is 11.0. The molecule has 0 bridgehead atoms. The van der Waals surface area contributed by atoms with Crippen LogP contribution in [0.5, 0.6) is 0 Å². The van der Waals surface area contributed by atoms with Crippen molar-refractivity contribution < 1.29 is 9.90 Å². The monoisotopic (exact) mass is 362 g/mol. The van der Waals surface area contributed by atoms with E-state index in [9.17, 15) is 9.90 Å². The van der Waals surface area contributed by atoms with Gasteiger partial charge in [0.25, 0.3) is 5.91 Å². The summed E-state index contributed by atoms with van der Waals surface area (Å²) in [5, 5.41) is 21.3. The maximum absolute atomic E-state index is 12.0. The van der Waals surface area contributed by atoms with E-state index in [1.807, 2.05) is 30.3 Å². The highest BCUT2D eigenvalue weighted by molar-refractivity contribution is 6.16. The van der Waals surface area contributed by atoms with E-state index in [1.165, 1.54) is 0 Å². The van der Waals surface area contributed by atoms with Crippen molar-refractivity contribution in [3.05, 3.63) is 53.9 Å². The fourth-order valence-electron chi connectivity index (χ4n) is 2.97. The summed E-state index contributed by atoms with van der Waals surface area (Å²) in [7, 11) is 0.